The van der Waals surface area contributed by atoms with E-state index in [9.17, 15) is 0 Å². The van der Waals surface area contributed by atoms with Crippen LogP contribution in [0.1, 0.15) is 26.7 Å². The average Bonchev–Trinajstić information content (AvgIpc) is 2.66. The molecule has 86 valence electrons. The van der Waals surface area contributed by atoms with Crippen molar-refractivity contribution < 1.29 is 4.74 Å². The van der Waals surface area contributed by atoms with Gasteiger partial charge < -0.3 is 10.5 Å². The number of nitrogens with one attached hydrogen (secondary N) is 1. The summed E-state index contributed by atoms with van der Waals surface area (Å²) in [6.07, 6.45) is 3.71. The van der Waals surface area contributed by atoms with Crippen LogP contribution in [0.2, 0.25) is 0 Å². The number of nitrogens with zero attached hydrogens (tertiary/aromatic N) is 3. The molecule has 0 amide bonds. The second-order valence-electron chi connectivity index (χ2n) is 3.74. The lowest BCUT2D eigenvalue weighted by Gasteiger charge is -2.11. The molecule has 0 spiro atoms. The van der Waals surface area contributed by atoms with Crippen LogP contribution >= 0.6 is 0 Å². The quantitative estimate of drug-likeness (QED) is 0.816. The summed E-state index contributed by atoms with van der Waals surface area (Å²) in [6.45, 7) is 4.09. The Kier molecular flexibility index (Phi) is 2.89. The molecule has 1 unspecified atom stereocenters. The molecule has 2 heterocycles. The highest BCUT2D eigenvalue weighted by molar-refractivity contribution is 5.84. The van der Waals surface area contributed by atoms with Crippen molar-refractivity contribution in [2.24, 2.45) is 0 Å². The molecule has 0 bridgehead atoms. The molecule has 6 nitrogen and oxygen atoms in total. The van der Waals surface area contributed by atoms with E-state index in [4.69, 9.17) is 10.5 Å². The first-order valence-corrected chi connectivity index (χ1v) is 5.34. The van der Waals surface area contributed by atoms with Crippen LogP contribution in [0.5, 0.6) is 6.01 Å². The van der Waals surface area contributed by atoms with Gasteiger partial charge in [0.05, 0.1) is 17.7 Å². The molecule has 16 heavy (non-hydrogen) atoms. The highest BCUT2D eigenvalue weighted by atomic mass is 16.5. The van der Waals surface area contributed by atoms with Gasteiger partial charge in [-0.1, -0.05) is 13.3 Å². The highest BCUT2D eigenvalue weighted by Gasteiger charge is 2.10. The van der Waals surface area contributed by atoms with E-state index in [1.165, 1.54) is 0 Å². The predicted molar refractivity (Wildman–Crippen MR) is 61.1 cm³/mol. The molecule has 3 N–H and O–H groups in total. The maximum Gasteiger partial charge on any atom is 0.320 e. The van der Waals surface area contributed by atoms with E-state index < -0.39 is 0 Å². The van der Waals surface area contributed by atoms with Gasteiger partial charge in [0.2, 0.25) is 0 Å². The fraction of sp³-hybridized carbons (Fsp3) is 0.500. The average molecular weight is 221 g/mol. The monoisotopic (exact) mass is 221 g/mol. The van der Waals surface area contributed by atoms with E-state index in [1.54, 1.807) is 6.20 Å². The minimum absolute atomic E-state index is 0.0878. The lowest BCUT2D eigenvalue weighted by atomic mass is 10.2. The van der Waals surface area contributed by atoms with Gasteiger partial charge in [0.15, 0.2) is 5.65 Å². The first-order chi connectivity index (χ1) is 7.70. The molecule has 0 aliphatic carbocycles. The summed E-state index contributed by atoms with van der Waals surface area (Å²) in [5, 5.41) is 7.32. The zero-order valence-electron chi connectivity index (χ0n) is 9.40. The van der Waals surface area contributed by atoms with Crippen LogP contribution in [0.25, 0.3) is 11.0 Å². The molecular weight excluding hydrogens is 206 g/mol. The third-order valence-corrected chi connectivity index (χ3v) is 2.32. The van der Waals surface area contributed by atoms with Crippen molar-refractivity contribution in [3.8, 4) is 6.01 Å². The third-order valence-electron chi connectivity index (χ3n) is 2.32. The fourth-order valence-electron chi connectivity index (χ4n) is 1.53. The van der Waals surface area contributed by atoms with E-state index in [1.807, 2.05) is 6.92 Å². The number of rotatable bonds is 4. The third kappa shape index (κ3) is 2.05. The molecule has 6 heteroatoms. The van der Waals surface area contributed by atoms with Gasteiger partial charge in [-0.25, -0.2) is 0 Å². The van der Waals surface area contributed by atoms with Crippen LogP contribution in [0, 0.1) is 0 Å². The van der Waals surface area contributed by atoms with Gasteiger partial charge in [0.25, 0.3) is 0 Å². The van der Waals surface area contributed by atoms with Crippen LogP contribution in [0.15, 0.2) is 6.20 Å². The van der Waals surface area contributed by atoms with Crippen molar-refractivity contribution in [1.29, 1.82) is 0 Å². The second-order valence-corrected chi connectivity index (χ2v) is 3.74. The van der Waals surface area contributed by atoms with Crippen molar-refractivity contribution in [3.63, 3.8) is 0 Å². The smallest absolute Gasteiger partial charge is 0.320 e. The van der Waals surface area contributed by atoms with E-state index in [0.717, 1.165) is 18.2 Å². The molecule has 2 aromatic rings. The second kappa shape index (κ2) is 4.34. The summed E-state index contributed by atoms with van der Waals surface area (Å²) in [5.41, 5.74) is 6.36. The Hall–Kier alpha value is -1.85. The van der Waals surface area contributed by atoms with E-state index in [2.05, 4.69) is 27.1 Å². The zero-order valence-corrected chi connectivity index (χ0v) is 9.40. The lowest BCUT2D eigenvalue weighted by molar-refractivity contribution is 0.193. The number of ether oxygens (including phenoxy) is 1. The number of hydrogen-bond acceptors (Lipinski definition) is 5. The number of anilines is 1. The van der Waals surface area contributed by atoms with Crippen LogP contribution in [-0.2, 0) is 0 Å². The first-order valence-electron chi connectivity index (χ1n) is 5.34. The van der Waals surface area contributed by atoms with Gasteiger partial charge in [-0.15, -0.1) is 0 Å². The summed E-state index contributed by atoms with van der Waals surface area (Å²) in [6, 6.07) is 0.301. The Labute approximate surface area is 93.2 Å². The summed E-state index contributed by atoms with van der Waals surface area (Å²) >= 11 is 0. The highest BCUT2D eigenvalue weighted by Crippen LogP contribution is 2.18. The Balaban J connectivity index is 2.24. The SMILES string of the molecule is CCCC(C)Oc1nc(N)c2cn[nH]c2n1. The number of fused-ring (bicyclic) bond motifs is 1. The van der Waals surface area contributed by atoms with Gasteiger partial charge in [0, 0.05) is 0 Å². The van der Waals surface area contributed by atoms with Gasteiger partial charge in [-0.3, -0.25) is 5.10 Å². The Morgan fingerprint density at radius 3 is 3.06 bits per heavy atom. The number of nitrogens with two attached hydrogens (primary N) is 1. The zero-order chi connectivity index (χ0) is 11.5. The maximum atomic E-state index is 5.76. The number of H-pyrrole nitrogens is 1. The standard InChI is InChI=1S/C10H15N5O/c1-3-4-6(2)16-10-13-8(11)7-5-12-15-9(7)14-10/h5-6H,3-4H2,1-2H3,(H3,11,12,13,14,15). The van der Waals surface area contributed by atoms with Crippen molar-refractivity contribution in [1.82, 2.24) is 20.2 Å². The minimum Gasteiger partial charge on any atom is -0.460 e. The van der Waals surface area contributed by atoms with E-state index in [-0.39, 0.29) is 6.10 Å². The molecule has 0 aliphatic heterocycles. The molecule has 0 saturated carbocycles. The van der Waals surface area contributed by atoms with Gasteiger partial charge in [0.1, 0.15) is 5.82 Å². The molecule has 0 fully saturated rings. The van der Waals surface area contributed by atoms with Crippen LogP contribution < -0.4 is 10.5 Å². The summed E-state index contributed by atoms with van der Waals surface area (Å²) in [4.78, 5) is 8.27. The van der Waals surface area contributed by atoms with Crippen molar-refractivity contribution in [3.05, 3.63) is 6.20 Å². The van der Waals surface area contributed by atoms with Gasteiger partial charge in [-0.05, 0) is 13.3 Å². The number of aromatic amines is 1. The Bertz CT molecular complexity index is 481. The lowest BCUT2D eigenvalue weighted by Crippen LogP contribution is -2.13. The van der Waals surface area contributed by atoms with Crippen molar-refractivity contribution >= 4 is 16.9 Å². The summed E-state index contributed by atoms with van der Waals surface area (Å²) < 4.78 is 5.56. The van der Waals surface area contributed by atoms with Crippen LogP contribution in [0.4, 0.5) is 5.82 Å². The normalized spacial score (nSPS) is 12.9. The molecule has 0 saturated heterocycles. The summed E-state index contributed by atoms with van der Waals surface area (Å²) in [7, 11) is 0. The van der Waals surface area contributed by atoms with Gasteiger partial charge >= 0.3 is 6.01 Å². The predicted octanol–water partition coefficient (Wildman–Crippen LogP) is 1.50. The number of hydrogen-bond donors (Lipinski definition) is 2. The summed E-state index contributed by atoms with van der Waals surface area (Å²) in [5.74, 6) is 0.387. The molecule has 1 atom stereocenters. The maximum absolute atomic E-state index is 5.76. The molecule has 0 aliphatic rings. The molecule has 2 aromatic heterocycles. The molecule has 2 rings (SSSR count). The number of nitrogen functional groups attached to an aromatic ring is 1. The van der Waals surface area contributed by atoms with E-state index in [0.29, 0.717) is 17.5 Å². The molecule has 0 radical (unpaired) electrons. The van der Waals surface area contributed by atoms with Crippen LogP contribution in [0.3, 0.4) is 0 Å². The Morgan fingerprint density at radius 2 is 2.31 bits per heavy atom. The largest absolute Gasteiger partial charge is 0.460 e. The molecular formula is C10H15N5O. The number of aromatic nitrogens is 4. The van der Waals surface area contributed by atoms with Crippen LogP contribution in [-0.4, -0.2) is 26.3 Å². The Morgan fingerprint density at radius 1 is 1.50 bits per heavy atom. The first kappa shape index (κ1) is 10.7. The van der Waals surface area contributed by atoms with Crippen molar-refractivity contribution in [2.45, 2.75) is 32.8 Å². The van der Waals surface area contributed by atoms with Crippen molar-refractivity contribution in [2.75, 3.05) is 5.73 Å². The van der Waals surface area contributed by atoms with Gasteiger partial charge in [-0.2, -0.15) is 15.1 Å². The van der Waals surface area contributed by atoms with E-state index >= 15 is 0 Å². The molecule has 0 aromatic carbocycles. The minimum atomic E-state index is 0.0878. The fourth-order valence-corrected chi connectivity index (χ4v) is 1.53. The topological polar surface area (TPSA) is 89.7 Å².